The molecule has 4 rings (SSSR count). The van der Waals surface area contributed by atoms with Crippen LogP contribution in [0.3, 0.4) is 0 Å². The molecular formula is C21H31N3O3. The van der Waals surface area contributed by atoms with E-state index in [-0.39, 0.29) is 12.5 Å². The molecule has 0 unspecified atom stereocenters. The molecular weight excluding hydrogens is 342 g/mol. The average Bonchev–Trinajstić information content (AvgIpc) is 3.19. The van der Waals surface area contributed by atoms with Crippen molar-refractivity contribution in [2.45, 2.75) is 25.4 Å². The number of rotatable bonds is 6. The Morgan fingerprint density at radius 2 is 1.81 bits per heavy atom. The van der Waals surface area contributed by atoms with Gasteiger partial charge >= 0.3 is 5.97 Å². The maximum Gasteiger partial charge on any atom is 0.312 e. The average molecular weight is 373 g/mol. The first-order chi connectivity index (χ1) is 13.1. The summed E-state index contributed by atoms with van der Waals surface area (Å²) in [7, 11) is 0. The zero-order chi connectivity index (χ0) is 18.9. The molecule has 2 atom stereocenters. The molecule has 0 aromatic heterocycles. The molecule has 0 radical (unpaired) electrons. The highest BCUT2D eigenvalue weighted by molar-refractivity contribution is 5.77. The second-order valence-corrected chi connectivity index (χ2v) is 8.54. The number of β-amino-alcohol motifs (C(OH)–C–C–N with tert-alkyl or cyclic N) is 1. The van der Waals surface area contributed by atoms with Gasteiger partial charge in [0.05, 0.1) is 12.0 Å². The van der Waals surface area contributed by atoms with E-state index in [2.05, 4.69) is 45.0 Å². The zero-order valence-corrected chi connectivity index (χ0v) is 16.0. The molecule has 6 nitrogen and oxygen atoms in total. The molecule has 3 saturated heterocycles. The molecule has 1 aromatic rings. The monoisotopic (exact) mass is 373 g/mol. The third kappa shape index (κ3) is 3.76. The predicted molar refractivity (Wildman–Crippen MR) is 103 cm³/mol. The third-order valence-corrected chi connectivity index (χ3v) is 6.87. The first kappa shape index (κ1) is 18.9. The molecule has 3 aliphatic rings. The quantitative estimate of drug-likeness (QED) is 0.774. The molecule has 148 valence electrons. The molecule has 0 bridgehead atoms. The number of aliphatic carboxylic acids is 1. The minimum absolute atomic E-state index is 0.103. The number of aliphatic hydroxyl groups excluding tert-OH is 1. The lowest BCUT2D eigenvalue weighted by Gasteiger charge is -2.37. The van der Waals surface area contributed by atoms with E-state index in [0.717, 1.165) is 45.6 Å². The van der Waals surface area contributed by atoms with Gasteiger partial charge in [-0.3, -0.25) is 19.5 Å². The SMILES string of the molecule is O=C(O)[C@]12CN(CCO)C[C@H]1CN(C1CCN(Cc3ccccc3)CC1)C2. The van der Waals surface area contributed by atoms with Crippen LogP contribution in [0.2, 0.25) is 0 Å². The fraction of sp³-hybridized carbons (Fsp3) is 0.667. The van der Waals surface area contributed by atoms with Gasteiger partial charge in [-0.2, -0.15) is 0 Å². The normalized spacial score (nSPS) is 30.6. The van der Waals surface area contributed by atoms with E-state index in [0.29, 0.717) is 25.7 Å². The molecule has 6 heteroatoms. The van der Waals surface area contributed by atoms with Crippen molar-refractivity contribution in [3.63, 3.8) is 0 Å². The summed E-state index contributed by atoms with van der Waals surface area (Å²) < 4.78 is 0. The number of hydrogen-bond donors (Lipinski definition) is 2. The molecule has 3 heterocycles. The number of fused-ring (bicyclic) bond motifs is 1. The van der Waals surface area contributed by atoms with Crippen LogP contribution in [0, 0.1) is 11.3 Å². The molecule has 1 aromatic carbocycles. The number of likely N-dealkylation sites (tertiary alicyclic amines) is 3. The first-order valence-corrected chi connectivity index (χ1v) is 10.2. The highest BCUT2D eigenvalue weighted by atomic mass is 16.4. The maximum atomic E-state index is 12.1. The smallest absolute Gasteiger partial charge is 0.312 e. The molecule has 0 amide bonds. The lowest BCUT2D eigenvalue weighted by molar-refractivity contribution is -0.149. The predicted octanol–water partition coefficient (Wildman–Crippen LogP) is 0.962. The number of carboxylic acid groups (broad SMARTS) is 1. The van der Waals surface area contributed by atoms with Crippen molar-refractivity contribution in [2.24, 2.45) is 11.3 Å². The first-order valence-electron chi connectivity index (χ1n) is 10.2. The minimum Gasteiger partial charge on any atom is -0.481 e. The number of carbonyl (C=O) groups is 1. The summed E-state index contributed by atoms with van der Waals surface area (Å²) in [6.07, 6.45) is 2.24. The number of hydrogen-bond acceptors (Lipinski definition) is 5. The van der Waals surface area contributed by atoms with Crippen molar-refractivity contribution in [3.8, 4) is 0 Å². The molecule has 0 saturated carbocycles. The lowest BCUT2D eigenvalue weighted by Crippen LogP contribution is -2.47. The van der Waals surface area contributed by atoms with Crippen LogP contribution < -0.4 is 0 Å². The summed E-state index contributed by atoms with van der Waals surface area (Å²) in [5, 5.41) is 19.2. The van der Waals surface area contributed by atoms with Gasteiger partial charge in [0.2, 0.25) is 0 Å². The molecule has 27 heavy (non-hydrogen) atoms. The van der Waals surface area contributed by atoms with Crippen molar-refractivity contribution in [3.05, 3.63) is 35.9 Å². The van der Waals surface area contributed by atoms with E-state index in [1.807, 2.05) is 0 Å². The van der Waals surface area contributed by atoms with Gasteiger partial charge in [0.25, 0.3) is 0 Å². The highest BCUT2D eigenvalue weighted by Gasteiger charge is 2.58. The van der Waals surface area contributed by atoms with Crippen LogP contribution in [0.4, 0.5) is 0 Å². The van der Waals surface area contributed by atoms with Crippen molar-refractivity contribution >= 4 is 5.97 Å². The van der Waals surface area contributed by atoms with E-state index in [4.69, 9.17) is 0 Å². The number of aliphatic hydroxyl groups is 1. The van der Waals surface area contributed by atoms with Crippen LogP contribution in [0.15, 0.2) is 30.3 Å². The van der Waals surface area contributed by atoms with E-state index >= 15 is 0 Å². The summed E-state index contributed by atoms with van der Waals surface area (Å²) in [5.41, 5.74) is 0.719. The fourth-order valence-electron chi connectivity index (χ4n) is 5.38. The molecule has 2 N–H and O–H groups in total. The van der Waals surface area contributed by atoms with Gasteiger partial charge in [-0.25, -0.2) is 0 Å². The Labute approximate surface area is 161 Å². The molecule has 0 spiro atoms. The van der Waals surface area contributed by atoms with Crippen molar-refractivity contribution < 1.29 is 15.0 Å². The number of nitrogens with zero attached hydrogens (tertiary/aromatic N) is 3. The summed E-state index contributed by atoms with van der Waals surface area (Å²) in [6.45, 7) is 6.79. The van der Waals surface area contributed by atoms with Gasteiger partial charge in [-0.1, -0.05) is 30.3 Å². The molecule has 3 fully saturated rings. The van der Waals surface area contributed by atoms with Gasteiger partial charge in [0.1, 0.15) is 0 Å². The Morgan fingerprint density at radius 3 is 2.44 bits per heavy atom. The minimum atomic E-state index is -0.656. The summed E-state index contributed by atoms with van der Waals surface area (Å²) in [5.74, 6) is -0.471. The largest absolute Gasteiger partial charge is 0.481 e. The third-order valence-electron chi connectivity index (χ3n) is 6.87. The van der Waals surface area contributed by atoms with Crippen LogP contribution in [-0.2, 0) is 11.3 Å². The van der Waals surface area contributed by atoms with Crippen LogP contribution in [0.5, 0.6) is 0 Å². The number of piperidine rings is 1. The standard InChI is InChI=1S/C21H31N3O3/c25-11-10-23-13-18-14-24(16-21(18,15-23)20(26)27)19-6-8-22(9-7-19)12-17-4-2-1-3-5-17/h1-5,18-19,25H,6-16H2,(H,26,27)/t18-,21-/m0/s1. The Bertz CT molecular complexity index is 647. The highest BCUT2D eigenvalue weighted by Crippen LogP contribution is 2.44. The fourth-order valence-corrected chi connectivity index (χ4v) is 5.38. The van der Waals surface area contributed by atoms with Crippen molar-refractivity contribution in [1.82, 2.24) is 14.7 Å². The van der Waals surface area contributed by atoms with Gasteiger partial charge in [0.15, 0.2) is 0 Å². The van der Waals surface area contributed by atoms with E-state index in [9.17, 15) is 15.0 Å². The Kier molecular flexibility index (Phi) is 5.50. The van der Waals surface area contributed by atoms with Gasteiger partial charge < -0.3 is 10.2 Å². The topological polar surface area (TPSA) is 67.2 Å². The van der Waals surface area contributed by atoms with Gasteiger partial charge in [-0.05, 0) is 31.5 Å². The van der Waals surface area contributed by atoms with E-state index in [1.165, 1.54) is 5.56 Å². The van der Waals surface area contributed by atoms with Gasteiger partial charge in [0, 0.05) is 51.2 Å². The van der Waals surface area contributed by atoms with Crippen molar-refractivity contribution in [1.29, 1.82) is 0 Å². The van der Waals surface area contributed by atoms with Crippen LogP contribution in [0.1, 0.15) is 18.4 Å². The van der Waals surface area contributed by atoms with Crippen LogP contribution in [0.25, 0.3) is 0 Å². The summed E-state index contributed by atoms with van der Waals surface area (Å²) in [4.78, 5) is 19.2. The summed E-state index contributed by atoms with van der Waals surface area (Å²) in [6, 6.07) is 11.1. The molecule has 3 aliphatic heterocycles. The van der Waals surface area contributed by atoms with Crippen molar-refractivity contribution in [2.75, 3.05) is 52.4 Å². The summed E-state index contributed by atoms with van der Waals surface area (Å²) >= 11 is 0. The lowest BCUT2D eigenvalue weighted by atomic mass is 9.81. The van der Waals surface area contributed by atoms with E-state index in [1.54, 1.807) is 0 Å². The van der Waals surface area contributed by atoms with Crippen LogP contribution >= 0.6 is 0 Å². The van der Waals surface area contributed by atoms with Crippen LogP contribution in [-0.4, -0.2) is 89.3 Å². The number of carboxylic acids is 1. The Hall–Kier alpha value is -1.47. The maximum absolute atomic E-state index is 12.1. The molecule has 0 aliphatic carbocycles. The Balaban J connectivity index is 1.33. The number of benzene rings is 1. The Morgan fingerprint density at radius 1 is 1.07 bits per heavy atom. The van der Waals surface area contributed by atoms with E-state index < -0.39 is 11.4 Å². The zero-order valence-electron chi connectivity index (χ0n) is 16.0. The second kappa shape index (κ2) is 7.87. The second-order valence-electron chi connectivity index (χ2n) is 8.54. The van der Waals surface area contributed by atoms with Gasteiger partial charge in [-0.15, -0.1) is 0 Å².